The third-order valence-electron chi connectivity index (χ3n) is 3.74. The fraction of sp³-hybridized carbons (Fsp3) is 0.235. The van der Waals surface area contributed by atoms with Crippen LogP contribution in [0.2, 0.25) is 0 Å². The molecule has 0 spiro atoms. The van der Waals surface area contributed by atoms with Gasteiger partial charge in [-0.15, -0.1) is 0 Å². The maximum atomic E-state index is 5.78. The minimum Gasteiger partial charge on any atom is -0.466 e. The summed E-state index contributed by atoms with van der Waals surface area (Å²) in [6.07, 6.45) is 0. The summed E-state index contributed by atoms with van der Waals surface area (Å²) in [6.45, 7) is 5.89. The van der Waals surface area contributed by atoms with Gasteiger partial charge in [0.2, 0.25) is 0 Å². The van der Waals surface area contributed by atoms with E-state index in [-0.39, 0.29) is 6.04 Å². The van der Waals surface area contributed by atoms with Crippen molar-refractivity contribution in [2.45, 2.75) is 26.8 Å². The number of nitrogens with one attached hydrogen (secondary N) is 1. The number of aryl methyl sites for hydroxylation is 3. The molecule has 2 heterocycles. The van der Waals surface area contributed by atoms with Gasteiger partial charge in [0, 0.05) is 16.6 Å². The number of nitrogens with two attached hydrogens (primary N) is 1. The van der Waals surface area contributed by atoms with Crippen molar-refractivity contribution in [3.63, 3.8) is 0 Å². The summed E-state index contributed by atoms with van der Waals surface area (Å²) in [5, 5.41) is 1.11. The quantitative estimate of drug-likeness (QED) is 0.571. The Kier molecular flexibility index (Phi) is 3.49. The van der Waals surface area contributed by atoms with Crippen molar-refractivity contribution in [1.82, 2.24) is 10.4 Å². The van der Waals surface area contributed by atoms with E-state index in [4.69, 9.17) is 10.3 Å². The zero-order valence-corrected chi connectivity index (χ0v) is 12.5. The second-order valence-electron chi connectivity index (χ2n) is 5.37. The number of hydrogen-bond acceptors (Lipinski definition) is 4. The molecule has 1 unspecified atom stereocenters. The first-order valence-corrected chi connectivity index (χ1v) is 6.99. The molecule has 1 aromatic carbocycles. The van der Waals surface area contributed by atoms with Gasteiger partial charge in [-0.25, -0.2) is 5.43 Å². The van der Waals surface area contributed by atoms with Gasteiger partial charge >= 0.3 is 0 Å². The number of benzene rings is 1. The molecule has 21 heavy (non-hydrogen) atoms. The van der Waals surface area contributed by atoms with E-state index in [2.05, 4.69) is 28.6 Å². The van der Waals surface area contributed by atoms with Crippen LogP contribution in [0.15, 0.2) is 40.8 Å². The Morgan fingerprint density at radius 3 is 2.57 bits per heavy atom. The lowest BCUT2D eigenvalue weighted by Crippen LogP contribution is -2.29. The molecule has 108 valence electrons. The van der Waals surface area contributed by atoms with Gasteiger partial charge in [0.25, 0.3) is 0 Å². The fourth-order valence-electron chi connectivity index (χ4n) is 2.73. The number of hydrazine groups is 1. The monoisotopic (exact) mass is 281 g/mol. The molecule has 2 aromatic heterocycles. The molecule has 3 aromatic rings. The highest BCUT2D eigenvalue weighted by Crippen LogP contribution is 2.28. The van der Waals surface area contributed by atoms with Crippen molar-refractivity contribution in [2.75, 3.05) is 0 Å². The number of hydrogen-bond donors (Lipinski definition) is 2. The molecule has 0 saturated heterocycles. The fourth-order valence-corrected chi connectivity index (χ4v) is 2.73. The van der Waals surface area contributed by atoms with Gasteiger partial charge in [0.1, 0.15) is 11.5 Å². The first kappa shape index (κ1) is 13.8. The third kappa shape index (κ3) is 2.55. The Morgan fingerprint density at radius 2 is 1.90 bits per heavy atom. The molecule has 3 N–H and O–H groups in total. The lowest BCUT2D eigenvalue weighted by Gasteiger charge is -2.16. The van der Waals surface area contributed by atoms with Gasteiger partial charge in [0.15, 0.2) is 0 Å². The highest BCUT2D eigenvalue weighted by Gasteiger charge is 2.18. The van der Waals surface area contributed by atoms with Crippen LogP contribution in [0.4, 0.5) is 0 Å². The minimum atomic E-state index is -0.0897. The van der Waals surface area contributed by atoms with Crippen LogP contribution in [0, 0.1) is 20.8 Å². The predicted molar refractivity (Wildman–Crippen MR) is 83.8 cm³/mol. The van der Waals surface area contributed by atoms with Gasteiger partial charge in [-0.3, -0.25) is 10.8 Å². The van der Waals surface area contributed by atoms with E-state index >= 15 is 0 Å². The predicted octanol–water partition coefficient (Wildman–Crippen LogP) is 3.31. The van der Waals surface area contributed by atoms with E-state index in [1.165, 1.54) is 0 Å². The summed E-state index contributed by atoms with van der Waals surface area (Å²) in [6, 6.07) is 12.2. The van der Waals surface area contributed by atoms with Crippen molar-refractivity contribution in [1.29, 1.82) is 0 Å². The van der Waals surface area contributed by atoms with E-state index in [1.807, 2.05) is 39.0 Å². The molecule has 4 nitrogen and oxygen atoms in total. The second-order valence-corrected chi connectivity index (χ2v) is 5.37. The van der Waals surface area contributed by atoms with Gasteiger partial charge in [0.05, 0.1) is 11.6 Å². The number of rotatable bonds is 3. The molecule has 0 aliphatic rings. The lowest BCUT2D eigenvalue weighted by molar-refractivity contribution is 0.495. The van der Waals surface area contributed by atoms with Crippen LogP contribution in [0.5, 0.6) is 0 Å². The average Bonchev–Trinajstić information content (AvgIpc) is 2.79. The average molecular weight is 281 g/mol. The first-order valence-electron chi connectivity index (χ1n) is 6.99. The molecular weight excluding hydrogens is 262 g/mol. The number of fused-ring (bicyclic) bond motifs is 1. The third-order valence-corrected chi connectivity index (χ3v) is 3.74. The Labute approximate surface area is 124 Å². The molecular formula is C17H19N3O. The maximum Gasteiger partial charge on any atom is 0.106 e. The standard InChI is InChI=1S/C17H19N3O/c1-10-4-5-13-9-14(6-7-16(13)19-10)17(20-18)15-8-11(2)21-12(15)3/h4-9,17,20H,18H2,1-3H3. The molecule has 0 fully saturated rings. The normalized spacial score (nSPS) is 12.8. The molecule has 0 aliphatic carbocycles. The van der Waals surface area contributed by atoms with Gasteiger partial charge < -0.3 is 4.42 Å². The number of pyridine rings is 1. The molecule has 0 aliphatic heterocycles. The SMILES string of the molecule is Cc1ccc2cc(C(NN)c3cc(C)oc3C)ccc2n1. The molecule has 3 rings (SSSR count). The summed E-state index contributed by atoms with van der Waals surface area (Å²) in [4.78, 5) is 4.53. The van der Waals surface area contributed by atoms with Crippen LogP contribution in [-0.2, 0) is 0 Å². The van der Waals surface area contributed by atoms with Crippen LogP contribution >= 0.6 is 0 Å². The van der Waals surface area contributed by atoms with Crippen LogP contribution < -0.4 is 11.3 Å². The Hall–Kier alpha value is -2.17. The first-order chi connectivity index (χ1) is 10.1. The Morgan fingerprint density at radius 1 is 1.10 bits per heavy atom. The van der Waals surface area contributed by atoms with Gasteiger partial charge in [-0.05, 0) is 50.6 Å². The molecule has 0 bridgehead atoms. The Balaban J connectivity index is 2.08. The number of aromatic nitrogens is 1. The van der Waals surface area contributed by atoms with Gasteiger partial charge in [-0.2, -0.15) is 0 Å². The molecule has 4 heteroatoms. The lowest BCUT2D eigenvalue weighted by atomic mass is 9.98. The number of furan rings is 1. The van der Waals surface area contributed by atoms with Crippen LogP contribution in [0.25, 0.3) is 10.9 Å². The smallest absolute Gasteiger partial charge is 0.106 e. The molecule has 1 atom stereocenters. The molecule has 0 saturated carbocycles. The summed E-state index contributed by atoms with van der Waals surface area (Å²) in [7, 11) is 0. The van der Waals surface area contributed by atoms with Crippen LogP contribution in [0.1, 0.15) is 34.4 Å². The summed E-state index contributed by atoms with van der Waals surface area (Å²) >= 11 is 0. The van der Waals surface area contributed by atoms with E-state index in [0.717, 1.165) is 39.2 Å². The Bertz CT molecular complexity index is 792. The highest BCUT2D eigenvalue weighted by molar-refractivity contribution is 5.79. The van der Waals surface area contributed by atoms with Crippen molar-refractivity contribution >= 4 is 10.9 Å². The topological polar surface area (TPSA) is 64.1 Å². The number of nitrogens with zero attached hydrogens (tertiary/aromatic N) is 1. The van der Waals surface area contributed by atoms with Crippen molar-refractivity contribution in [2.24, 2.45) is 5.84 Å². The maximum absolute atomic E-state index is 5.78. The van der Waals surface area contributed by atoms with E-state index < -0.39 is 0 Å². The van der Waals surface area contributed by atoms with Crippen LogP contribution in [-0.4, -0.2) is 4.98 Å². The van der Waals surface area contributed by atoms with Crippen molar-refractivity contribution in [3.05, 3.63) is 64.7 Å². The second kappa shape index (κ2) is 5.31. The minimum absolute atomic E-state index is 0.0897. The van der Waals surface area contributed by atoms with Gasteiger partial charge in [-0.1, -0.05) is 12.1 Å². The van der Waals surface area contributed by atoms with E-state index in [1.54, 1.807) is 0 Å². The summed E-state index contributed by atoms with van der Waals surface area (Å²) in [5.74, 6) is 7.55. The summed E-state index contributed by atoms with van der Waals surface area (Å²) < 4.78 is 5.61. The zero-order chi connectivity index (χ0) is 15.0. The van der Waals surface area contributed by atoms with E-state index in [9.17, 15) is 0 Å². The largest absolute Gasteiger partial charge is 0.466 e. The highest BCUT2D eigenvalue weighted by atomic mass is 16.3. The van der Waals surface area contributed by atoms with Crippen molar-refractivity contribution < 1.29 is 4.42 Å². The van der Waals surface area contributed by atoms with Crippen molar-refractivity contribution in [3.8, 4) is 0 Å². The molecule has 0 amide bonds. The van der Waals surface area contributed by atoms with Crippen LogP contribution in [0.3, 0.4) is 0 Å². The zero-order valence-electron chi connectivity index (χ0n) is 12.5. The molecule has 0 radical (unpaired) electrons. The van der Waals surface area contributed by atoms with E-state index in [0.29, 0.717) is 0 Å². The summed E-state index contributed by atoms with van der Waals surface area (Å²) in [5.41, 5.74) is 7.06.